The first-order valence-electron chi connectivity index (χ1n) is 8.39. The second-order valence-electron chi connectivity index (χ2n) is 5.96. The van der Waals surface area contributed by atoms with Gasteiger partial charge in [0.05, 0.1) is 6.54 Å². The zero-order valence-electron chi connectivity index (χ0n) is 13.9. The van der Waals surface area contributed by atoms with E-state index in [0.717, 1.165) is 25.7 Å². The van der Waals surface area contributed by atoms with Crippen molar-refractivity contribution in [1.29, 1.82) is 0 Å². The van der Waals surface area contributed by atoms with Crippen molar-refractivity contribution < 1.29 is 14.4 Å². The Bertz CT molecular complexity index is 600. The Hall–Kier alpha value is -2.28. The number of rotatable bonds is 7. The number of anilines is 1. The summed E-state index contributed by atoms with van der Waals surface area (Å²) in [6, 6.07) is 6.45. The van der Waals surface area contributed by atoms with Gasteiger partial charge in [0.25, 0.3) is 0 Å². The van der Waals surface area contributed by atoms with Gasteiger partial charge < -0.3 is 21.3 Å². The van der Waals surface area contributed by atoms with Crippen LogP contribution in [0.25, 0.3) is 0 Å². The van der Waals surface area contributed by atoms with Gasteiger partial charge in [-0.05, 0) is 37.1 Å². The van der Waals surface area contributed by atoms with Crippen molar-refractivity contribution in [2.75, 3.05) is 18.4 Å². The van der Waals surface area contributed by atoms with Crippen LogP contribution in [0.1, 0.15) is 32.1 Å². The zero-order chi connectivity index (χ0) is 18.1. The number of carbonyl (C=O) groups excluding carboxylic acids is 3. The highest BCUT2D eigenvalue weighted by Gasteiger charge is 2.16. The van der Waals surface area contributed by atoms with Crippen LogP contribution in [0.4, 0.5) is 10.5 Å². The first kappa shape index (κ1) is 19.1. The van der Waals surface area contributed by atoms with Crippen molar-refractivity contribution in [2.45, 2.75) is 38.1 Å². The van der Waals surface area contributed by atoms with Gasteiger partial charge in [-0.1, -0.05) is 24.4 Å². The molecule has 0 atom stereocenters. The van der Waals surface area contributed by atoms with Crippen LogP contribution in [-0.4, -0.2) is 37.0 Å². The highest BCUT2D eigenvalue weighted by atomic mass is 35.5. The van der Waals surface area contributed by atoms with Crippen molar-refractivity contribution in [2.24, 2.45) is 0 Å². The molecule has 0 saturated heterocycles. The average molecular weight is 367 g/mol. The van der Waals surface area contributed by atoms with E-state index in [1.807, 2.05) is 0 Å². The fourth-order valence-electron chi connectivity index (χ4n) is 2.62. The van der Waals surface area contributed by atoms with Gasteiger partial charge in [-0.15, -0.1) is 0 Å². The molecule has 0 aromatic heterocycles. The van der Waals surface area contributed by atoms with Gasteiger partial charge in [0, 0.05) is 29.7 Å². The minimum absolute atomic E-state index is 0.0623. The SMILES string of the molecule is O=C(CNC(=O)NCCC(=O)NC1CCCC1)Nc1ccc(Cl)cc1. The topological polar surface area (TPSA) is 99.3 Å². The van der Waals surface area contributed by atoms with Gasteiger partial charge in [0.1, 0.15) is 0 Å². The molecule has 0 aliphatic heterocycles. The molecule has 1 aromatic carbocycles. The molecule has 4 amide bonds. The quantitative estimate of drug-likeness (QED) is 0.594. The van der Waals surface area contributed by atoms with Crippen molar-refractivity contribution in [3.63, 3.8) is 0 Å². The molecular weight excluding hydrogens is 344 g/mol. The lowest BCUT2D eigenvalue weighted by Gasteiger charge is -2.12. The molecule has 25 heavy (non-hydrogen) atoms. The number of amides is 4. The lowest BCUT2D eigenvalue weighted by atomic mass is 10.2. The summed E-state index contributed by atoms with van der Waals surface area (Å²) in [5, 5.41) is 11.2. The summed E-state index contributed by atoms with van der Waals surface area (Å²) in [5.74, 6) is -0.413. The van der Waals surface area contributed by atoms with Crippen LogP contribution in [0.5, 0.6) is 0 Å². The van der Waals surface area contributed by atoms with E-state index in [2.05, 4.69) is 21.3 Å². The fourth-order valence-corrected chi connectivity index (χ4v) is 2.75. The molecule has 0 radical (unpaired) electrons. The summed E-state index contributed by atoms with van der Waals surface area (Å²) in [4.78, 5) is 35.1. The summed E-state index contributed by atoms with van der Waals surface area (Å²) in [6.07, 6.45) is 4.60. The number of halogens is 1. The summed E-state index contributed by atoms with van der Waals surface area (Å²) in [5.41, 5.74) is 0.597. The number of urea groups is 1. The van der Waals surface area contributed by atoms with Crippen LogP contribution >= 0.6 is 11.6 Å². The lowest BCUT2D eigenvalue weighted by molar-refractivity contribution is -0.121. The molecule has 0 heterocycles. The zero-order valence-corrected chi connectivity index (χ0v) is 14.7. The first-order valence-corrected chi connectivity index (χ1v) is 8.77. The largest absolute Gasteiger partial charge is 0.353 e. The molecular formula is C17H23ClN4O3. The van der Waals surface area contributed by atoms with Gasteiger partial charge in [-0.25, -0.2) is 4.79 Å². The Balaban J connectivity index is 1.56. The summed E-state index contributed by atoms with van der Waals surface area (Å²) in [6.45, 7) is 0.0614. The Kier molecular flexibility index (Phi) is 7.53. The maximum atomic E-state index is 11.7. The van der Waals surface area contributed by atoms with Crippen molar-refractivity contribution >= 4 is 35.1 Å². The van der Waals surface area contributed by atoms with Gasteiger partial charge in [-0.3, -0.25) is 9.59 Å². The number of hydrogen-bond donors (Lipinski definition) is 4. The van der Waals surface area contributed by atoms with Crippen LogP contribution in [0.2, 0.25) is 5.02 Å². The maximum absolute atomic E-state index is 11.7. The average Bonchev–Trinajstić information content (AvgIpc) is 3.08. The van der Waals surface area contributed by atoms with E-state index in [-0.39, 0.29) is 37.4 Å². The second kappa shape index (κ2) is 9.88. The Labute approximate surface area is 151 Å². The van der Waals surface area contributed by atoms with Crippen LogP contribution in [0, 0.1) is 0 Å². The minimum Gasteiger partial charge on any atom is -0.353 e. The highest BCUT2D eigenvalue weighted by Crippen LogP contribution is 2.17. The Morgan fingerprint density at radius 1 is 1.00 bits per heavy atom. The molecule has 2 rings (SSSR count). The van der Waals surface area contributed by atoms with Gasteiger partial charge in [0.2, 0.25) is 11.8 Å². The Morgan fingerprint density at radius 3 is 2.36 bits per heavy atom. The predicted octanol–water partition coefficient (Wildman–Crippen LogP) is 2.03. The third-order valence-corrected chi connectivity index (χ3v) is 4.15. The van der Waals surface area contributed by atoms with Crippen LogP contribution < -0.4 is 21.3 Å². The van der Waals surface area contributed by atoms with E-state index in [1.54, 1.807) is 24.3 Å². The fraction of sp³-hybridized carbons (Fsp3) is 0.471. The molecule has 1 aliphatic rings. The van der Waals surface area contributed by atoms with Crippen molar-refractivity contribution in [3.05, 3.63) is 29.3 Å². The van der Waals surface area contributed by atoms with E-state index in [1.165, 1.54) is 0 Å². The molecule has 0 bridgehead atoms. The first-order chi connectivity index (χ1) is 12.0. The highest BCUT2D eigenvalue weighted by molar-refractivity contribution is 6.30. The predicted molar refractivity (Wildman–Crippen MR) is 96.5 cm³/mol. The standard InChI is InChI=1S/C17H23ClN4O3/c18-12-5-7-14(8-6-12)22-16(24)11-20-17(25)19-10-9-15(23)21-13-3-1-2-4-13/h5-8,13H,1-4,9-11H2,(H,21,23)(H,22,24)(H2,19,20,25). The van der Waals surface area contributed by atoms with E-state index < -0.39 is 6.03 Å². The van der Waals surface area contributed by atoms with Crippen LogP contribution in [0.3, 0.4) is 0 Å². The van der Waals surface area contributed by atoms with Crippen LogP contribution in [-0.2, 0) is 9.59 Å². The number of hydrogen-bond acceptors (Lipinski definition) is 3. The molecule has 1 aliphatic carbocycles. The maximum Gasteiger partial charge on any atom is 0.315 e. The molecule has 4 N–H and O–H groups in total. The van der Waals surface area contributed by atoms with E-state index in [9.17, 15) is 14.4 Å². The van der Waals surface area contributed by atoms with Gasteiger partial charge >= 0.3 is 6.03 Å². The monoisotopic (exact) mass is 366 g/mol. The number of benzene rings is 1. The van der Waals surface area contributed by atoms with E-state index in [4.69, 9.17) is 11.6 Å². The summed E-state index contributed by atoms with van der Waals surface area (Å²) < 4.78 is 0. The summed E-state index contributed by atoms with van der Waals surface area (Å²) >= 11 is 5.76. The minimum atomic E-state index is -0.486. The molecule has 7 nitrogen and oxygen atoms in total. The van der Waals surface area contributed by atoms with E-state index >= 15 is 0 Å². The second-order valence-corrected chi connectivity index (χ2v) is 6.40. The normalized spacial score (nSPS) is 14.0. The summed E-state index contributed by atoms with van der Waals surface area (Å²) in [7, 11) is 0. The third-order valence-electron chi connectivity index (χ3n) is 3.90. The third kappa shape index (κ3) is 7.43. The molecule has 1 saturated carbocycles. The number of nitrogens with one attached hydrogen (secondary N) is 4. The van der Waals surface area contributed by atoms with Crippen molar-refractivity contribution in [1.82, 2.24) is 16.0 Å². The van der Waals surface area contributed by atoms with Crippen molar-refractivity contribution in [3.8, 4) is 0 Å². The molecule has 1 fully saturated rings. The smallest absolute Gasteiger partial charge is 0.315 e. The number of carbonyl (C=O) groups is 3. The lowest BCUT2D eigenvalue weighted by Crippen LogP contribution is -2.42. The molecule has 1 aromatic rings. The molecule has 8 heteroatoms. The molecule has 0 spiro atoms. The van der Waals surface area contributed by atoms with Gasteiger partial charge in [0.15, 0.2) is 0 Å². The molecule has 0 unspecified atom stereocenters. The van der Waals surface area contributed by atoms with Gasteiger partial charge in [-0.2, -0.15) is 0 Å². The van der Waals surface area contributed by atoms with Crippen LogP contribution in [0.15, 0.2) is 24.3 Å². The molecule has 136 valence electrons. The Morgan fingerprint density at radius 2 is 1.68 bits per heavy atom. The van der Waals surface area contributed by atoms with E-state index in [0.29, 0.717) is 10.7 Å².